The van der Waals surface area contributed by atoms with Gasteiger partial charge in [-0.15, -0.1) is 0 Å². The van der Waals surface area contributed by atoms with Crippen molar-refractivity contribution in [2.75, 3.05) is 6.61 Å². The zero-order valence-electron chi connectivity index (χ0n) is 30.6. The quantitative estimate of drug-likeness (QED) is 0.0391. The highest BCUT2D eigenvalue weighted by Gasteiger charge is 2.03. The van der Waals surface area contributed by atoms with Gasteiger partial charge in [0, 0.05) is 6.42 Å². The van der Waals surface area contributed by atoms with E-state index in [0.29, 0.717) is 13.0 Å². The molecule has 0 atom stereocenters. The van der Waals surface area contributed by atoms with Crippen molar-refractivity contribution in [3.05, 3.63) is 12.2 Å². The van der Waals surface area contributed by atoms with Gasteiger partial charge < -0.3 is 4.74 Å². The summed E-state index contributed by atoms with van der Waals surface area (Å²) >= 11 is 0. The van der Waals surface area contributed by atoms with E-state index >= 15 is 0 Å². The van der Waals surface area contributed by atoms with Crippen LogP contribution in [0.3, 0.4) is 0 Å². The lowest BCUT2D eigenvalue weighted by Crippen LogP contribution is -2.05. The predicted octanol–water partition coefficient (Wildman–Crippen LogP) is 15.2. The predicted molar refractivity (Wildman–Crippen MR) is 198 cm³/mol. The maximum absolute atomic E-state index is 12.0. The number of carbonyl (C=O) groups excluding carboxylic acids is 1. The average molecular weight is 619 g/mol. The Hall–Kier alpha value is -0.790. The molecule has 0 amide bonds. The van der Waals surface area contributed by atoms with E-state index in [0.717, 1.165) is 12.8 Å². The first kappa shape index (κ1) is 43.2. The monoisotopic (exact) mass is 619 g/mol. The topological polar surface area (TPSA) is 26.3 Å². The highest BCUT2D eigenvalue weighted by molar-refractivity contribution is 5.69. The van der Waals surface area contributed by atoms with Crippen molar-refractivity contribution in [1.29, 1.82) is 0 Å². The van der Waals surface area contributed by atoms with Gasteiger partial charge in [-0.05, 0) is 38.5 Å². The van der Waals surface area contributed by atoms with Gasteiger partial charge in [0.15, 0.2) is 0 Å². The zero-order chi connectivity index (χ0) is 31.9. The smallest absolute Gasteiger partial charge is 0.305 e. The summed E-state index contributed by atoms with van der Waals surface area (Å²) < 4.78 is 5.46. The summed E-state index contributed by atoms with van der Waals surface area (Å²) in [5, 5.41) is 0. The van der Waals surface area contributed by atoms with Crippen LogP contribution in [0.25, 0.3) is 0 Å². The molecule has 0 unspecified atom stereocenters. The lowest BCUT2D eigenvalue weighted by molar-refractivity contribution is -0.143. The fourth-order valence-corrected chi connectivity index (χ4v) is 6.31. The molecule has 0 bridgehead atoms. The highest BCUT2D eigenvalue weighted by atomic mass is 16.5. The minimum Gasteiger partial charge on any atom is -0.466 e. The maximum Gasteiger partial charge on any atom is 0.305 e. The molecule has 0 aromatic carbocycles. The second-order valence-electron chi connectivity index (χ2n) is 14.0. The number of hydrogen-bond acceptors (Lipinski definition) is 2. The summed E-state index contributed by atoms with van der Waals surface area (Å²) in [5.74, 6) is 0.0237. The molecule has 44 heavy (non-hydrogen) atoms. The molecule has 0 heterocycles. The van der Waals surface area contributed by atoms with Gasteiger partial charge in [-0.3, -0.25) is 4.79 Å². The number of allylic oxidation sites excluding steroid dienone is 2. The van der Waals surface area contributed by atoms with Crippen LogP contribution in [0.1, 0.15) is 245 Å². The van der Waals surface area contributed by atoms with Crippen LogP contribution in [0.5, 0.6) is 0 Å². The highest BCUT2D eigenvalue weighted by Crippen LogP contribution is 2.15. The van der Waals surface area contributed by atoms with E-state index in [4.69, 9.17) is 4.74 Å². The normalized spacial score (nSPS) is 11.6. The minimum absolute atomic E-state index is 0.0237. The molecule has 0 fully saturated rings. The Labute approximate surface area is 278 Å². The van der Waals surface area contributed by atoms with Crippen molar-refractivity contribution in [3.63, 3.8) is 0 Å². The number of carbonyl (C=O) groups is 1. The van der Waals surface area contributed by atoms with Crippen LogP contribution in [0.4, 0.5) is 0 Å². The van der Waals surface area contributed by atoms with Gasteiger partial charge >= 0.3 is 5.97 Å². The van der Waals surface area contributed by atoms with Crippen molar-refractivity contribution in [2.24, 2.45) is 0 Å². The zero-order valence-corrected chi connectivity index (χ0v) is 30.6. The summed E-state index contributed by atoms with van der Waals surface area (Å²) in [7, 11) is 0. The number of ether oxygens (including phenoxy) is 1. The van der Waals surface area contributed by atoms with E-state index in [1.54, 1.807) is 0 Å². The Morgan fingerprint density at radius 1 is 0.364 bits per heavy atom. The molecule has 0 radical (unpaired) electrons. The Kier molecular flexibility index (Phi) is 39.5. The van der Waals surface area contributed by atoms with Gasteiger partial charge in [-0.1, -0.05) is 212 Å². The number of rotatable bonds is 38. The van der Waals surface area contributed by atoms with Crippen LogP contribution < -0.4 is 0 Å². The average Bonchev–Trinajstić information content (AvgIpc) is 3.03. The SMILES string of the molecule is CCCCCCCCC=CCCCCCCCCCC(=O)OCCCCCCCCCCCCCCCCCCCCCC. The molecule has 0 aliphatic rings. The molecule has 0 aliphatic heterocycles. The van der Waals surface area contributed by atoms with Gasteiger partial charge in [-0.25, -0.2) is 0 Å². The van der Waals surface area contributed by atoms with Gasteiger partial charge in [0.05, 0.1) is 6.61 Å². The summed E-state index contributed by atoms with van der Waals surface area (Å²) in [5.41, 5.74) is 0. The van der Waals surface area contributed by atoms with Crippen LogP contribution in [-0.4, -0.2) is 12.6 Å². The van der Waals surface area contributed by atoms with Crippen LogP contribution in [0.2, 0.25) is 0 Å². The van der Waals surface area contributed by atoms with Crippen molar-refractivity contribution >= 4 is 5.97 Å². The Morgan fingerprint density at radius 3 is 0.977 bits per heavy atom. The largest absolute Gasteiger partial charge is 0.466 e. The van der Waals surface area contributed by atoms with E-state index < -0.39 is 0 Å². The Morgan fingerprint density at radius 2 is 0.636 bits per heavy atom. The van der Waals surface area contributed by atoms with Crippen LogP contribution in [-0.2, 0) is 9.53 Å². The second kappa shape index (κ2) is 40.2. The molecular formula is C42H82O2. The summed E-state index contributed by atoms with van der Waals surface area (Å²) in [6, 6.07) is 0. The van der Waals surface area contributed by atoms with E-state index in [2.05, 4.69) is 26.0 Å². The number of esters is 1. The summed E-state index contributed by atoms with van der Waals surface area (Å²) in [6.07, 6.45) is 53.0. The molecule has 0 aromatic heterocycles. The van der Waals surface area contributed by atoms with E-state index in [1.165, 1.54) is 212 Å². The standard InChI is InChI=1S/C42H82O2/c1-3-5-7-9-11-13-15-17-19-21-22-23-25-27-29-31-33-35-37-39-41-44-42(43)40-38-36-34-32-30-28-26-24-20-18-16-14-12-10-8-6-4-2/h18,20H,3-17,19,21-41H2,1-2H3. The maximum atomic E-state index is 12.0. The molecular weight excluding hydrogens is 536 g/mol. The third kappa shape index (κ3) is 39.2. The third-order valence-corrected chi connectivity index (χ3v) is 9.40. The van der Waals surface area contributed by atoms with Gasteiger partial charge in [0.1, 0.15) is 0 Å². The summed E-state index contributed by atoms with van der Waals surface area (Å²) in [6.45, 7) is 5.21. The fraction of sp³-hybridized carbons (Fsp3) is 0.929. The van der Waals surface area contributed by atoms with Gasteiger partial charge in [0.25, 0.3) is 0 Å². The molecule has 0 N–H and O–H groups in total. The van der Waals surface area contributed by atoms with Gasteiger partial charge in [0.2, 0.25) is 0 Å². The Bertz CT molecular complexity index is 554. The molecule has 0 saturated carbocycles. The molecule has 0 saturated heterocycles. The van der Waals surface area contributed by atoms with Crippen molar-refractivity contribution in [3.8, 4) is 0 Å². The molecule has 262 valence electrons. The van der Waals surface area contributed by atoms with Crippen LogP contribution in [0, 0.1) is 0 Å². The Balaban J connectivity index is 3.17. The molecule has 0 rings (SSSR count). The first-order valence-corrected chi connectivity index (χ1v) is 20.6. The summed E-state index contributed by atoms with van der Waals surface area (Å²) in [4.78, 5) is 12.0. The van der Waals surface area contributed by atoms with E-state index in [9.17, 15) is 4.79 Å². The van der Waals surface area contributed by atoms with Crippen molar-refractivity contribution in [2.45, 2.75) is 245 Å². The molecule has 0 spiro atoms. The number of hydrogen-bond donors (Lipinski definition) is 0. The van der Waals surface area contributed by atoms with Crippen molar-refractivity contribution in [1.82, 2.24) is 0 Å². The van der Waals surface area contributed by atoms with Gasteiger partial charge in [-0.2, -0.15) is 0 Å². The van der Waals surface area contributed by atoms with Crippen molar-refractivity contribution < 1.29 is 9.53 Å². The molecule has 0 aliphatic carbocycles. The fourth-order valence-electron chi connectivity index (χ4n) is 6.31. The number of unbranched alkanes of at least 4 members (excludes halogenated alkanes) is 32. The molecule has 0 aromatic rings. The molecule has 2 heteroatoms. The lowest BCUT2D eigenvalue weighted by Gasteiger charge is -2.06. The van der Waals surface area contributed by atoms with Crippen LogP contribution >= 0.6 is 0 Å². The van der Waals surface area contributed by atoms with E-state index in [-0.39, 0.29) is 5.97 Å². The minimum atomic E-state index is 0.0237. The third-order valence-electron chi connectivity index (χ3n) is 9.40. The molecule has 2 nitrogen and oxygen atoms in total. The van der Waals surface area contributed by atoms with E-state index in [1.807, 2.05) is 0 Å². The second-order valence-corrected chi connectivity index (χ2v) is 14.0. The lowest BCUT2D eigenvalue weighted by atomic mass is 10.0. The first-order chi connectivity index (χ1) is 21.8. The first-order valence-electron chi connectivity index (χ1n) is 20.6. The van der Waals surface area contributed by atoms with Crippen LogP contribution in [0.15, 0.2) is 12.2 Å².